The lowest BCUT2D eigenvalue weighted by Crippen LogP contribution is -2.06. The third kappa shape index (κ3) is 3.09. The van der Waals surface area contributed by atoms with Crippen LogP contribution in [0.3, 0.4) is 0 Å². The molecule has 0 spiro atoms. The smallest absolute Gasteiger partial charge is 0.224 e. The molecule has 0 atom stereocenters. The summed E-state index contributed by atoms with van der Waals surface area (Å²) in [5.74, 6) is -0.384. The molecule has 0 saturated heterocycles. The molecule has 0 N–H and O–H groups in total. The molecule has 0 aliphatic heterocycles. The zero-order chi connectivity index (χ0) is 13.8. The Morgan fingerprint density at radius 3 is 2.89 bits per heavy atom. The normalized spacial score (nSPS) is 10.3. The van der Waals surface area contributed by atoms with E-state index in [2.05, 4.69) is 4.98 Å². The van der Waals surface area contributed by atoms with Crippen LogP contribution in [0.4, 0.5) is 4.39 Å². The fourth-order valence-corrected chi connectivity index (χ4v) is 1.90. The van der Waals surface area contributed by atoms with Gasteiger partial charge < -0.3 is 4.74 Å². The number of hydrogen-bond donors (Lipinski definition) is 0. The number of carbonyl (C=O) groups is 1. The van der Waals surface area contributed by atoms with Crippen LogP contribution in [0.25, 0.3) is 0 Å². The Bertz CT molecular complexity index is 616. The van der Waals surface area contributed by atoms with Gasteiger partial charge in [-0.3, -0.25) is 4.79 Å². The molecule has 1 aromatic heterocycles. The van der Waals surface area contributed by atoms with E-state index >= 15 is 0 Å². The monoisotopic (exact) mass is 279 g/mol. The number of aromatic nitrogens is 1. The Morgan fingerprint density at radius 1 is 1.42 bits per heavy atom. The van der Waals surface area contributed by atoms with Gasteiger partial charge in [0.05, 0.1) is 17.7 Å². The zero-order valence-electron chi connectivity index (χ0n) is 10.2. The van der Waals surface area contributed by atoms with Crippen LogP contribution in [-0.2, 0) is 6.42 Å². The first kappa shape index (κ1) is 13.5. The maximum Gasteiger partial charge on any atom is 0.224 e. The van der Waals surface area contributed by atoms with Crippen LogP contribution in [0.5, 0.6) is 5.88 Å². The molecule has 2 aromatic rings. The highest BCUT2D eigenvalue weighted by molar-refractivity contribution is 6.30. The summed E-state index contributed by atoms with van der Waals surface area (Å²) in [6, 6.07) is 7.51. The first-order valence-electron chi connectivity index (χ1n) is 5.58. The topological polar surface area (TPSA) is 39.2 Å². The molecule has 0 aliphatic carbocycles. The summed E-state index contributed by atoms with van der Waals surface area (Å²) in [7, 11) is 1.45. The summed E-state index contributed by atoms with van der Waals surface area (Å²) < 4.78 is 18.1. The average Bonchev–Trinajstić information content (AvgIpc) is 2.43. The van der Waals surface area contributed by atoms with E-state index in [4.69, 9.17) is 16.3 Å². The summed E-state index contributed by atoms with van der Waals surface area (Å²) in [4.78, 5) is 16.1. The number of hydrogen-bond acceptors (Lipinski definition) is 3. The van der Waals surface area contributed by atoms with E-state index in [-0.39, 0.29) is 23.1 Å². The molecule has 3 nitrogen and oxygen atoms in total. The molecule has 0 amide bonds. The minimum absolute atomic E-state index is 0.00320. The largest absolute Gasteiger partial charge is 0.480 e. The van der Waals surface area contributed by atoms with E-state index in [1.165, 1.54) is 25.3 Å². The molecule has 1 aromatic carbocycles. The molecule has 0 saturated carbocycles. The fourth-order valence-electron chi connectivity index (χ4n) is 1.70. The van der Waals surface area contributed by atoms with Gasteiger partial charge in [0.1, 0.15) is 5.82 Å². The van der Waals surface area contributed by atoms with Gasteiger partial charge in [-0.25, -0.2) is 9.37 Å². The van der Waals surface area contributed by atoms with Crippen molar-refractivity contribution in [1.29, 1.82) is 0 Å². The third-order valence-corrected chi connectivity index (χ3v) is 2.90. The zero-order valence-corrected chi connectivity index (χ0v) is 10.9. The summed E-state index contributed by atoms with van der Waals surface area (Å²) in [5.41, 5.74) is 1.03. The van der Waals surface area contributed by atoms with Crippen molar-refractivity contribution >= 4 is 17.4 Å². The van der Waals surface area contributed by atoms with Crippen LogP contribution >= 0.6 is 11.6 Å². The van der Waals surface area contributed by atoms with Crippen LogP contribution in [0.15, 0.2) is 36.5 Å². The Labute approximate surface area is 115 Å². The molecule has 0 unspecified atom stereocenters. The van der Waals surface area contributed by atoms with Crippen molar-refractivity contribution in [3.05, 3.63) is 58.5 Å². The molecule has 98 valence electrons. The summed E-state index contributed by atoms with van der Waals surface area (Å²) in [6.45, 7) is 0. The van der Waals surface area contributed by atoms with Crippen LogP contribution in [0.2, 0.25) is 5.02 Å². The van der Waals surface area contributed by atoms with E-state index in [0.717, 1.165) is 0 Å². The SMILES string of the molecule is COc1ncccc1C(=O)Cc1ccc(F)c(Cl)c1. The molecular formula is C14H11ClFNO2. The van der Waals surface area contributed by atoms with E-state index in [1.54, 1.807) is 18.3 Å². The molecule has 0 fully saturated rings. The number of nitrogens with zero attached hydrogens (tertiary/aromatic N) is 1. The average molecular weight is 280 g/mol. The van der Waals surface area contributed by atoms with E-state index in [0.29, 0.717) is 11.1 Å². The fraction of sp³-hybridized carbons (Fsp3) is 0.143. The maximum atomic E-state index is 13.0. The lowest BCUT2D eigenvalue weighted by atomic mass is 10.0. The first-order valence-corrected chi connectivity index (χ1v) is 5.95. The van der Waals surface area contributed by atoms with Gasteiger partial charge in [-0.05, 0) is 29.8 Å². The number of benzene rings is 1. The lowest BCUT2D eigenvalue weighted by molar-refractivity contribution is 0.0989. The first-order chi connectivity index (χ1) is 9.11. The number of Topliss-reactive ketones (excluding diaryl/α,β-unsaturated/α-hetero) is 1. The van der Waals surface area contributed by atoms with Gasteiger partial charge in [-0.2, -0.15) is 0 Å². The molecule has 0 aliphatic rings. The molecule has 5 heteroatoms. The Balaban J connectivity index is 2.23. The number of rotatable bonds is 4. The summed E-state index contributed by atoms with van der Waals surface area (Å²) in [5, 5.41) is 0.00320. The number of pyridine rings is 1. The van der Waals surface area contributed by atoms with Crippen molar-refractivity contribution in [2.24, 2.45) is 0 Å². The second-order valence-electron chi connectivity index (χ2n) is 3.91. The molecular weight excluding hydrogens is 269 g/mol. The number of carbonyl (C=O) groups excluding carboxylic acids is 1. The van der Waals surface area contributed by atoms with Gasteiger partial charge in [0.25, 0.3) is 0 Å². The molecule has 19 heavy (non-hydrogen) atoms. The predicted octanol–water partition coefficient (Wildman–Crippen LogP) is 3.31. The Hall–Kier alpha value is -1.94. The van der Waals surface area contributed by atoms with Crippen LogP contribution in [0, 0.1) is 5.82 Å². The van der Waals surface area contributed by atoms with Gasteiger partial charge in [0.15, 0.2) is 5.78 Å². The van der Waals surface area contributed by atoms with Crippen LogP contribution < -0.4 is 4.74 Å². The highest BCUT2D eigenvalue weighted by atomic mass is 35.5. The Morgan fingerprint density at radius 2 is 2.21 bits per heavy atom. The second-order valence-corrected chi connectivity index (χ2v) is 4.32. The van der Waals surface area contributed by atoms with Crippen molar-refractivity contribution in [1.82, 2.24) is 4.98 Å². The molecule has 0 bridgehead atoms. The second kappa shape index (κ2) is 5.80. The van der Waals surface area contributed by atoms with Crippen molar-refractivity contribution in [3.63, 3.8) is 0 Å². The van der Waals surface area contributed by atoms with Crippen LogP contribution in [0.1, 0.15) is 15.9 Å². The number of ether oxygens (including phenoxy) is 1. The van der Waals surface area contributed by atoms with Crippen molar-refractivity contribution < 1.29 is 13.9 Å². The van der Waals surface area contributed by atoms with Gasteiger partial charge in [-0.15, -0.1) is 0 Å². The van der Waals surface area contributed by atoms with Gasteiger partial charge in [0, 0.05) is 12.6 Å². The lowest BCUT2D eigenvalue weighted by Gasteiger charge is -2.06. The molecule has 1 heterocycles. The third-order valence-electron chi connectivity index (χ3n) is 2.61. The molecule has 2 rings (SSSR count). The van der Waals surface area contributed by atoms with E-state index < -0.39 is 5.82 Å². The van der Waals surface area contributed by atoms with Gasteiger partial charge >= 0.3 is 0 Å². The summed E-state index contributed by atoms with van der Waals surface area (Å²) >= 11 is 5.68. The van der Waals surface area contributed by atoms with Crippen molar-refractivity contribution in [2.75, 3.05) is 7.11 Å². The quantitative estimate of drug-likeness (QED) is 0.806. The van der Waals surface area contributed by atoms with Gasteiger partial charge in [0.2, 0.25) is 5.88 Å². The van der Waals surface area contributed by atoms with Crippen molar-refractivity contribution in [3.8, 4) is 5.88 Å². The highest BCUT2D eigenvalue weighted by Gasteiger charge is 2.14. The summed E-state index contributed by atoms with van der Waals surface area (Å²) in [6.07, 6.45) is 1.66. The highest BCUT2D eigenvalue weighted by Crippen LogP contribution is 2.20. The predicted molar refractivity (Wildman–Crippen MR) is 70.2 cm³/mol. The molecule has 0 radical (unpaired) electrons. The van der Waals surface area contributed by atoms with E-state index in [1.807, 2.05) is 0 Å². The number of methoxy groups -OCH3 is 1. The van der Waals surface area contributed by atoms with Gasteiger partial charge in [-0.1, -0.05) is 17.7 Å². The van der Waals surface area contributed by atoms with Crippen LogP contribution in [-0.4, -0.2) is 17.9 Å². The maximum absolute atomic E-state index is 13.0. The minimum Gasteiger partial charge on any atom is -0.480 e. The minimum atomic E-state index is -0.503. The van der Waals surface area contributed by atoms with E-state index in [9.17, 15) is 9.18 Å². The number of ketones is 1. The van der Waals surface area contributed by atoms with Crippen molar-refractivity contribution in [2.45, 2.75) is 6.42 Å². The Kier molecular flexibility index (Phi) is 4.12. The number of halogens is 2. The standard InChI is InChI=1S/C14H11ClFNO2/c1-19-14-10(3-2-6-17-14)13(18)8-9-4-5-12(16)11(15)7-9/h2-7H,8H2,1H3.